The Hall–Kier alpha value is -0.680. The van der Waals surface area contributed by atoms with E-state index in [1.165, 1.54) is 11.8 Å². The van der Waals surface area contributed by atoms with E-state index in [0.29, 0.717) is 15.7 Å². The summed E-state index contributed by atoms with van der Waals surface area (Å²) in [5.74, 6) is -0.0961. The number of benzene rings is 2. The van der Waals surface area contributed by atoms with Crippen molar-refractivity contribution in [2.45, 2.75) is 17.1 Å². The lowest BCUT2D eigenvalue weighted by molar-refractivity contribution is -0.115. The van der Waals surface area contributed by atoms with E-state index >= 15 is 0 Å². The molecule has 21 heavy (non-hydrogen) atoms. The van der Waals surface area contributed by atoms with Crippen LogP contribution in [0.3, 0.4) is 0 Å². The molecule has 0 unspecified atom stereocenters. The van der Waals surface area contributed by atoms with Crippen LogP contribution in [0.25, 0.3) is 0 Å². The summed E-state index contributed by atoms with van der Waals surface area (Å²) in [6, 6.07) is 12.8. The lowest BCUT2D eigenvalue weighted by Crippen LogP contribution is -2.22. The van der Waals surface area contributed by atoms with Gasteiger partial charge in [0.1, 0.15) is 0 Å². The van der Waals surface area contributed by atoms with E-state index in [4.69, 9.17) is 23.2 Å². The van der Waals surface area contributed by atoms with Gasteiger partial charge >= 0.3 is 0 Å². The van der Waals surface area contributed by atoms with Gasteiger partial charge in [0.15, 0.2) is 0 Å². The molecule has 110 valence electrons. The maximum absolute atomic E-state index is 12.2. The number of rotatable bonds is 4. The lowest BCUT2D eigenvalue weighted by atomic mass is 10.3. The van der Waals surface area contributed by atoms with E-state index in [1.54, 1.807) is 18.2 Å². The molecule has 0 aliphatic heterocycles. The minimum Gasteiger partial charge on any atom is -0.325 e. The topological polar surface area (TPSA) is 29.1 Å². The second-order valence-electron chi connectivity index (χ2n) is 4.36. The zero-order valence-electron chi connectivity index (χ0n) is 11.1. The van der Waals surface area contributed by atoms with E-state index in [0.717, 1.165) is 9.37 Å². The van der Waals surface area contributed by atoms with Gasteiger partial charge in [-0.15, -0.1) is 11.8 Å². The molecule has 0 aliphatic carbocycles. The summed E-state index contributed by atoms with van der Waals surface area (Å²) in [7, 11) is 0. The van der Waals surface area contributed by atoms with Crippen molar-refractivity contribution in [3.05, 3.63) is 57.0 Å². The molecule has 0 fully saturated rings. The van der Waals surface area contributed by atoms with Crippen molar-refractivity contribution >= 4 is 62.5 Å². The van der Waals surface area contributed by atoms with Gasteiger partial charge in [-0.2, -0.15) is 0 Å². The fourth-order valence-corrected chi connectivity index (χ4v) is 3.30. The molecule has 0 radical (unpaired) electrons. The van der Waals surface area contributed by atoms with Gasteiger partial charge in [0.05, 0.1) is 5.25 Å². The Balaban J connectivity index is 2.00. The molecule has 0 aromatic heterocycles. The van der Waals surface area contributed by atoms with Gasteiger partial charge in [0.2, 0.25) is 5.91 Å². The first kappa shape index (κ1) is 16.7. The molecule has 2 nitrogen and oxygen atoms in total. The van der Waals surface area contributed by atoms with Crippen molar-refractivity contribution < 1.29 is 4.79 Å². The van der Waals surface area contributed by atoms with E-state index < -0.39 is 0 Å². The van der Waals surface area contributed by atoms with Crippen LogP contribution in [0.5, 0.6) is 0 Å². The fourth-order valence-electron chi connectivity index (χ4n) is 1.64. The maximum Gasteiger partial charge on any atom is 0.237 e. The number of thioether (sulfide) groups is 1. The van der Waals surface area contributed by atoms with Crippen molar-refractivity contribution in [1.29, 1.82) is 0 Å². The smallest absolute Gasteiger partial charge is 0.237 e. The Morgan fingerprint density at radius 1 is 1.14 bits per heavy atom. The first-order valence-corrected chi connectivity index (χ1v) is 8.56. The number of amides is 1. The molecule has 0 bridgehead atoms. The number of anilines is 1. The molecule has 2 rings (SSSR count). The van der Waals surface area contributed by atoms with Crippen LogP contribution in [0.1, 0.15) is 6.92 Å². The Bertz CT molecular complexity index is 628. The fraction of sp³-hybridized carbons (Fsp3) is 0.133. The largest absolute Gasteiger partial charge is 0.325 e. The van der Waals surface area contributed by atoms with Gasteiger partial charge in [-0.25, -0.2) is 0 Å². The third-order valence-electron chi connectivity index (χ3n) is 2.63. The van der Waals surface area contributed by atoms with Crippen LogP contribution in [-0.2, 0) is 4.79 Å². The van der Waals surface area contributed by atoms with Gasteiger partial charge < -0.3 is 5.32 Å². The van der Waals surface area contributed by atoms with Crippen LogP contribution >= 0.6 is 50.9 Å². The van der Waals surface area contributed by atoms with Gasteiger partial charge in [0, 0.05) is 25.1 Å². The van der Waals surface area contributed by atoms with E-state index in [-0.39, 0.29) is 11.2 Å². The van der Waals surface area contributed by atoms with Crippen LogP contribution in [0, 0.1) is 0 Å². The third-order valence-corrected chi connectivity index (χ3v) is 4.70. The third kappa shape index (κ3) is 5.22. The number of halogens is 3. The molecule has 0 saturated heterocycles. The van der Waals surface area contributed by atoms with Crippen LogP contribution in [-0.4, -0.2) is 11.2 Å². The molecule has 1 amide bonds. The highest BCUT2D eigenvalue weighted by atomic mass is 79.9. The molecule has 1 N–H and O–H groups in total. The molecule has 0 aliphatic rings. The monoisotopic (exact) mass is 403 g/mol. The first-order chi connectivity index (χ1) is 9.94. The van der Waals surface area contributed by atoms with Gasteiger partial charge in [-0.05, 0) is 49.4 Å². The Kier molecular flexibility index (Phi) is 5.99. The lowest BCUT2D eigenvalue weighted by Gasteiger charge is -2.12. The van der Waals surface area contributed by atoms with Crippen LogP contribution in [0.15, 0.2) is 51.8 Å². The van der Waals surface area contributed by atoms with Gasteiger partial charge in [0.25, 0.3) is 0 Å². The van der Waals surface area contributed by atoms with Crippen molar-refractivity contribution in [3.63, 3.8) is 0 Å². The number of carbonyl (C=O) groups is 1. The predicted molar refractivity (Wildman–Crippen MR) is 94.6 cm³/mol. The van der Waals surface area contributed by atoms with E-state index in [9.17, 15) is 4.79 Å². The molecule has 2 aromatic rings. The summed E-state index contributed by atoms with van der Waals surface area (Å²) in [5, 5.41) is 3.57. The quantitative estimate of drug-likeness (QED) is 0.645. The summed E-state index contributed by atoms with van der Waals surface area (Å²) in [6.45, 7) is 1.86. The Morgan fingerprint density at radius 3 is 2.29 bits per heavy atom. The molecule has 0 spiro atoms. The molecule has 6 heteroatoms. The summed E-state index contributed by atoms with van der Waals surface area (Å²) >= 11 is 16.7. The number of hydrogen-bond donors (Lipinski definition) is 1. The van der Waals surface area contributed by atoms with Crippen LogP contribution in [0.2, 0.25) is 10.0 Å². The van der Waals surface area contributed by atoms with Crippen molar-refractivity contribution in [3.8, 4) is 0 Å². The number of carbonyl (C=O) groups excluding carboxylic acids is 1. The van der Waals surface area contributed by atoms with Crippen molar-refractivity contribution in [1.82, 2.24) is 0 Å². The standard InChI is InChI=1S/C15H12BrCl2NOS/c1-9(21-14-4-2-10(16)3-5-14)15(20)19-13-7-11(17)6-12(18)8-13/h2-9H,1H3,(H,19,20)/t9-/m1/s1. The highest BCUT2D eigenvalue weighted by Crippen LogP contribution is 2.27. The summed E-state index contributed by atoms with van der Waals surface area (Å²) in [6.07, 6.45) is 0. The minimum absolute atomic E-state index is 0.0961. The van der Waals surface area contributed by atoms with Gasteiger partial charge in [-0.3, -0.25) is 4.79 Å². The molecule has 0 heterocycles. The second-order valence-corrected chi connectivity index (χ2v) is 7.56. The highest BCUT2D eigenvalue weighted by Gasteiger charge is 2.15. The number of nitrogens with one attached hydrogen (secondary N) is 1. The highest BCUT2D eigenvalue weighted by molar-refractivity contribution is 9.10. The summed E-state index contributed by atoms with van der Waals surface area (Å²) in [5.41, 5.74) is 0.598. The molecule has 1 atom stereocenters. The van der Waals surface area contributed by atoms with E-state index in [1.807, 2.05) is 31.2 Å². The Morgan fingerprint density at radius 2 is 1.71 bits per heavy atom. The van der Waals surface area contributed by atoms with E-state index in [2.05, 4.69) is 21.2 Å². The maximum atomic E-state index is 12.2. The van der Waals surface area contributed by atoms with Crippen molar-refractivity contribution in [2.24, 2.45) is 0 Å². The predicted octanol–water partition coefficient (Wildman–Crippen LogP) is 5.88. The first-order valence-electron chi connectivity index (χ1n) is 6.13. The van der Waals surface area contributed by atoms with Crippen LogP contribution in [0.4, 0.5) is 5.69 Å². The zero-order chi connectivity index (χ0) is 15.4. The molecular weight excluding hydrogens is 393 g/mol. The summed E-state index contributed by atoms with van der Waals surface area (Å²) < 4.78 is 1.01. The van der Waals surface area contributed by atoms with Crippen molar-refractivity contribution in [2.75, 3.05) is 5.32 Å². The Labute approximate surface area is 146 Å². The molecule has 0 saturated carbocycles. The zero-order valence-corrected chi connectivity index (χ0v) is 15.0. The van der Waals surface area contributed by atoms with Gasteiger partial charge in [-0.1, -0.05) is 39.1 Å². The minimum atomic E-state index is -0.232. The average Bonchev–Trinajstić information content (AvgIpc) is 2.40. The molecule has 2 aromatic carbocycles. The van der Waals surface area contributed by atoms with Crippen LogP contribution < -0.4 is 5.32 Å². The SMILES string of the molecule is C[C@@H](Sc1ccc(Br)cc1)C(=O)Nc1cc(Cl)cc(Cl)c1. The second kappa shape index (κ2) is 7.54. The molecular formula is C15H12BrCl2NOS. The summed E-state index contributed by atoms with van der Waals surface area (Å²) in [4.78, 5) is 13.2. The average molecular weight is 405 g/mol. The number of hydrogen-bond acceptors (Lipinski definition) is 2. The normalized spacial score (nSPS) is 12.0.